The third kappa shape index (κ3) is 4.48. The Morgan fingerprint density at radius 1 is 1.40 bits per heavy atom. The molecule has 20 heavy (non-hydrogen) atoms. The maximum Gasteiger partial charge on any atom is 0.326 e. The van der Waals surface area contributed by atoms with Crippen molar-refractivity contribution >= 4 is 17.8 Å². The van der Waals surface area contributed by atoms with E-state index in [2.05, 4.69) is 10.1 Å². The van der Waals surface area contributed by atoms with Gasteiger partial charge in [-0.2, -0.15) is 0 Å². The van der Waals surface area contributed by atoms with E-state index in [1.54, 1.807) is 0 Å². The van der Waals surface area contributed by atoms with Crippen LogP contribution >= 0.6 is 0 Å². The van der Waals surface area contributed by atoms with Gasteiger partial charge in [0.15, 0.2) is 0 Å². The van der Waals surface area contributed by atoms with Gasteiger partial charge in [-0.05, 0) is 31.7 Å². The molecule has 114 valence electrons. The summed E-state index contributed by atoms with van der Waals surface area (Å²) in [5.74, 6) is -2.03. The minimum atomic E-state index is -1.15. The molecule has 1 amide bonds. The van der Waals surface area contributed by atoms with E-state index in [9.17, 15) is 14.4 Å². The van der Waals surface area contributed by atoms with Crippen molar-refractivity contribution in [2.45, 2.75) is 38.1 Å². The maximum atomic E-state index is 12.1. The molecule has 1 aliphatic carbocycles. The van der Waals surface area contributed by atoms with Crippen molar-refractivity contribution < 1.29 is 24.2 Å². The van der Waals surface area contributed by atoms with Crippen LogP contribution in [0.4, 0.5) is 0 Å². The van der Waals surface area contributed by atoms with Crippen molar-refractivity contribution in [3.05, 3.63) is 0 Å². The Labute approximate surface area is 117 Å². The summed E-state index contributed by atoms with van der Waals surface area (Å²) in [5.41, 5.74) is 5.61. The summed E-state index contributed by atoms with van der Waals surface area (Å²) >= 11 is 0. The van der Waals surface area contributed by atoms with E-state index in [1.807, 2.05) is 0 Å². The third-order valence-electron chi connectivity index (χ3n) is 3.78. The van der Waals surface area contributed by atoms with Crippen LogP contribution in [0.1, 0.15) is 32.1 Å². The van der Waals surface area contributed by atoms with Crippen molar-refractivity contribution in [3.8, 4) is 0 Å². The number of carbonyl (C=O) groups is 3. The number of aliphatic carboxylic acids is 1. The van der Waals surface area contributed by atoms with Gasteiger partial charge in [-0.3, -0.25) is 9.59 Å². The van der Waals surface area contributed by atoms with Gasteiger partial charge in [0.05, 0.1) is 7.11 Å². The van der Waals surface area contributed by atoms with Crippen molar-refractivity contribution in [2.75, 3.05) is 13.7 Å². The van der Waals surface area contributed by atoms with E-state index in [1.165, 1.54) is 7.11 Å². The Bertz CT molecular complexity index is 372. The highest BCUT2D eigenvalue weighted by molar-refractivity contribution is 5.85. The minimum Gasteiger partial charge on any atom is -0.480 e. The zero-order valence-electron chi connectivity index (χ0n) is 11.6. The van der Waals surface area contributed by atoms with Crippen molar-refractivity contribution in [2.24, 2.45) is 17.6 Å². The van der Waals surface area contributed by atoms with Crippen molar-refractivity contribution in [3.63, 3.8) is 0 Å². The van der Waals surface area contributed by atoms with E-state index in [0.29, 0.717) is 6.54 Å². The lowest BCUT2D eigenvalue weighted by Crippen LogP contribution is -2.45. The fraction of sp³-hybridized carbons (Fsp3) is 0.769. The van der Waals surface area contributed by atoms with Crippen LogP contribution in [0.3, 0.4) is 0 Å². The molecule has 3 atom stereocenters. The predicted octanol–water partition coefficient (Wildman–Crippen LogP) is -0.116. The molecular weight excluding hydrogens is 264 g/mol. The van der Waals surface area contributed by atoms with E-state index < -0.39 is 18.0 Å². The molecule has 0 saturated heterocycles. The number of nitrogens with two attached hydrogens (primary N) is 1. The molecule has 4 N–H and O–H groups in total. The standard InChI is InChI=1S/C13H22N2O5/c1-20-11(16)6-5-10(13(18)19)15-12(17)9-4-2-3-8(9)7-14/h8-10H,2-7,14H2,1H3,(H,15,17)(H,18,19)/t8?,9?,10-/m1/s1. The molecular formula is C13H22N2O5. The van der Waals surface area contributed by atoms with E-state index in [-0.39, 0.29) is 30.6 Å². The molecule has 1 aliphatic rings. The first-order valence-corrected chi connectivity index (χ1v) is 6.79. The van der Waals surface area contributed by atoms with Crippen molar-refractivity contribution in [1.82, 2.24) is 5.32 Å². The fourth-order valence-electron chi connectivity index (χ4n) is 2.56. The summed E-state index contributed by atoms with van der Waals surface area (Å²) < 4.78 is 4.46. The van der Waals surface area contributed by atoms with E-state index in [4.69, 9.17) is 10.8 Å². The lowest BCUT2D eigenvalue weighted by atomic mass is 9.95. The Kier molecular flexibility index (Phi) is 6.44. The molecule has 1 saturated carbocycles. The molecule has 0 aromatic carbocycles. The number of nitrogens with one attached hydrogen (secondary N) is 1. The highest BCUT2D eigenvalue weighted by atomic mass is 16.5. The molecule has 2 unspecified atom stereocenters. The van der Waals surface area contributed by atoms with Crippen LogP contribution in [0.25, 0.3) is 0 Å². The molecule has 0 bridgehead atoms. The number of ether oxygens (including phenoxy) is 1. The molecule has 1 rings (SSSR count). The third-order valence-corrected chi connectivity index (χ3v) is 3.78. The van der Waals surface area contributed by atoms with Gasteiger partial charge in [0.1, 0.15) is 6.04 Å². The predicted molar refractivity (Wildman–Crippen MR) is 70.7 cm³/mol. The molecule has 0 aliphatic heterocycles. The van der Waals surface area contributed by atoms with Gasteiger partial charge in [-0.1, -0.05) is 6.42 Å². The number of carboxylic acids is 1. The number of carbonyl (C=O) groups excluding carboxylic acids is 2. The number of amides is 1. The number of esters is 1. The summed E-state index contributed by atoms with van der Waals surface area (Å²) in [6, 6.07) is -1.07. The molecule has 0 aromatic heterocycles. The minimum absolute atomic E-state index is 0.0216. The highest BCUT2D eigenvalue weighted by Crippen LogP contribution is 2.31. The van der Waals surface area contributed by atoms with E-state index in [0.717, 1.165) is 19.3 Å². The van der Waals surface area contributed by atoms with Gasteiger partial charge < -0.3 is 20.9 Å². The largest absolute Gasteiger partial charge is 0.480 e. The average molecular weight is 286 g/mol. The normalized spacial score (nSPS) is 23.1. The van der Waals surface area contributed by atoms with Gasteiger partial charge in [0, 0.05) is 12.3 Å². The number of hydrogen-bond acceptors (Lipinski definition) is 5. The van der Waals surface area contributed by atoms with Crippen LogP contribution in [0, 0.1) is 11.8 Å². The first-order valence-electron chi connectivity index (χ1n) is 6.79. The van der Waals surface area contributed by atoms with Crippen molar-refractivity contribution in [1.29, 1.82) is 0 Å². The van der Waals surface area contributed by atoms with E-state index >= 15 is 0 Å². The Morgan fingerprint density at radius 2 is 2.10 bits per heavy atom. The van der Waals surface area contributed by atoms with Crippen LogP contribution in [0.2, 0.25) is 0 Å². The molecule has 0 aromatic rings. The Balaban J connectivity index is 2.54. The number of hydrogen-bond donors (Lipinski definition) is 3. The van der Waals surface area contributed by atoms with Crippen LogP contribution in [0.5, 0.6) is 0 Å². The molecule has 7 heteroatoms. The first-order chi connectivity index (χ1) is 9.49. The number of rotatable bonds is 7. The second-order valence-electron chi connectivity index (χ2n) is 5.05. The number of carboxylic acid groups (broad SMARTS) is 1. The summed E-state index contributed by atoms with van der Waals surface area (Å²) in [5, 5.41) is 11.6. The molecule has 1 fully saturated rings. The molecule has 0 radical (unpaired) electrons. The van der Waals surface area contributed by atoms with Gasteiger partial charge in [0.25, 0.3) is 0 Å². The summed E-state index contributed by atoms with van der Waals surface area (Å²) in [6.07, 6.45) is 2.54. The average Bonchev–Trinajstić information content (AvgIpc) is 2.90. The highest BCUT2D eigenvalue weighted by Gasteiger charge is 2.34. The van der Waals surface area contributed by atoms with Crippen LogP contribution < -0.4 is 11.1 Å². The van der Waals surface area contributed by atoms with Gasteiger partial charge in [0.2, 0.25) is 5.91 Å². The van der Waals surface area contributed by atoms with Crippen LogP contribution in [0.15, 0.2) is 0 Å². The quantitative estimate of drug-likeness (QED) is 0.562. The fourth-order valence-corrected chi connectivity index (χ4v) is 2.56. The lowest BCUT2D eigenvalue weighted by Gasteiger charge is -2.20. The zero-order valence-corrected chi connectivity index (χ0v) is 11.6. The van der Waals surface area contributed by atoms with Gasteiger partial charge in [-0.15, -0.1) is 0 Å². The topological polar surface area (TPSA) is 119 Å². The van der Waals surface area contributed by atoms with Crippen LogP contribution in [-0.4, -0.2) is 42.6 Å². The molecule has 0 heterocycles. The lowest BCUT2D eigenvalue weighted by molar-refractivity contribution is -0.144. The maximum absolute atomic E-state index is 12.1. The summed E-state index contributed by atoms with van der Waals surface area (Å²) in [7, 11) is 1.24. The Hall–Kier alpha value is -1.63. The van der Waals surface area contributed by atoms with Gasteiger partial charge >= 0.3 is 11.9 Å². The smallest absolute Gasteiger partial charge is 0.326 e. The first kappa shape index (κ1) is 16.4. The van der Waals surface area contributed by atoms with Gasteiger partial charge in [-0.25, -0.2) is 4.79 Å². The summed E-state index contributed by atoms with van der Waals surface area (Å²) in [6.45, 7) is 0.429. The molecule has 0 spiro atoms. The second kappa shape index (κ2) is 7.84. The van der Waals surface area contributed by atoms with Crippen LogP contribution in [-0.2, 0) is 19.1 Å². The number of methoxy groups -OCH3 is 1. The molecule has 7 nitrogen and oxygen atoms in total. The monoisotopic (exact) mass is 286 g/mol. The SMILES string of the molecule is COC(=O)CC[C@@H](NC(=O)C1CCCC1CN)C(=O)O. The Morgan fingerprint density at radius 3 is 2.65 bits per heavy atom. The second-order valence-corrected chi connectivity index (χ2v) is 5.05. The summed E-state index contributed by atoms with van der Waals surface area (Å²) in [4.78, 5) is 34.2. The zero-order chi connectivity index (χ0) is 15.1.